The Morgan fingerprint density at radius 3 is 2.43 bits per heavy atom. The van der Waals surface area contributed by atoms with Crippen molar-refractivity contribution in [2.24, 2.45) is 0 Å². The molecular formula is C14H16N2O5. The van der Waals surface area contributed by atoms with Gasteiger partial charge in [0.1, 0.15) is 0 Å². The highest BCUT2D eigenvalue weighted by molar-refractivity contribution is 5.96. The molecule has 21 heavy (non-hydrogen) atoms. The fraction of sp³-hybridized carbons (Fsp3) is 0.429. The predicted octanol–water partition coefficient (Wildman–Crippen LogP) is -0.0953. The molecule has 0 saturated carbocycles. The second kappa shape index (κ2) is 5.01. The van der Waals surface area contributed by atoms with Crippen LogP contribution in [0.15, 0.2) is 18.2 Å². The van der Waals surface area contributed by atoms with Crippen molar-refractivity contribution in [1.82, 2.24) is 4.90 Å². The van der Waals surface area contributed by atoms with Gasteiger partial charge in [0.25, 0.3) is 0 Å². The molecule has 0 radical (unpaired) electrons. The van der Waals surface area contributed by atoms with E-state index in [2.05, 4.69) is 0 Å². The zero-order chi connectivity index (χ0) is 15.1. The first-order chi connectivity index (χ1) is 9.97. The molecule has 2 aliphatic heterocycles. The highest BCUT2D eigenvalue weighted by atomic mass is 16.4. The topological polar surface area (TPSA) is 101 Å². The summed E-state index contributed by atoms with van der Waals surface area (Å²) >= 11 is 0. The zero-order valence-corrected chi connectivity index (χ0v) is 11.3. The standard InChI is InChI=1S/C14H16N2O5/c17-11-6-15(7-12(11)18)14(21)16-4-3-8-5-9(13(19)20)1-2-10(8)16/h1-2,5,11-12,17-18H,3-4,6-7H2,(H,19,20). The van der Waals surface area contributed by atoms with Crippen molar-refractivity contribution in [3.05, 3.63) is 29.3 Å². The van der Waals surface area contributed by atoms with E-state index >= 15 is 0 Å². The summed E-state index contributed by atoms with van der Waals surface area (Å²) in [5.41, 5.74) is 1.72. The highest BCUT2D eigenvalue weighted by Crippen LogP contribution is 2.30. The predicted molar refractivity (Wildman–Crippen MR) is 73.4 cm³/mol. The summed E-state index contributed by atoms with van der Waals surface area (Å²) in [5, 5.41) is 28.0. The van der Waals surface area contributed by atoms with Gasteiger partial charge in [0.15, 0.2) is 0 Å². The first-order valence-electron chi connectivity index (χ1n) is 6.76. The van der Waals surface area contributed by atoms with Gasteiger partial charge in [-0.1, -0.05) is 0 Å². The third-order valence-electron chi connectivity index (χ3n) is 3.98. The van der Waals surface area contributed by atoms with Crippen molar-refractivity contribution >= 4 is 17.7 Å². The third-order valence-corrected chi connectivity index (χ3v) is 3.98. The van der Waals surface area contributed by atoms with Crippen molar-refractivity contribution < 1.29 is 24.9 Å². The molecule has 2 amide bonds. The van der Waals surface area contributed by atoms with Gasteiger partial charge in [-0.15, -0.1) is 0 Å². The Kier molecular flexibility index (Phi) is 3.30. The number of carbonyl (C=O) groups is 2. The van der Waals surface area contributed by atoms with Gasteiger partial charge in [-0.2, -0.15) is 0 Å². The molecule has 1 saturated heterocycles. The molecule has 1 fully saturated rings. The van der Waals surface area contributed by atoms with Crippen molar-refractivity contribution in [3.63, 3.8) is 0 Å². The third kappa shape index (κ3) is 2.34. The summed E-state index contributed by atoms with van der Waals surface area (Å²) in [6.07, 6.45) is -1.22. The summed E-state index contributed by atoms with van der Waals surface area (Å²) in [7, 11) is 0. The van der Waals surface area contributed by atoms with Crippen LogP contribution in [0.5, 0.6) is 0 Å². The molecule has 0 aliphatic carbocycles. The number of carboxylic acid groups (broad SMARTS) is 1. The Hall–Kier alpha value is -2.12. The van der Waals surface area contributed by atoms with Crippen LogP contribution in [0, 0.1) is 0 Å². The number of fused-ring (bicyclic) bond motifs is 1. The van der Waals surface area contributed by atoms with Crippen LogP contribution in [0.1, 0.15) is 15.9 Å². The normalized spacial score (nSPS) is 24.3. The van der Waals surface area contributed by atoms with Crippen LogP contribution in [0.25, 0.3) is 0 Å². The van der Waals surface area contributed by atoms with E-state index < -0.39 is 18.2 Å². The molecule has 2 unspecified atom stereocenters. The Morgan fingerprint density at radius 2 is 1.81 bits per heavy atom. The quantitative estimate of drug-likeness (QED) is 0.671. The lowest BCUT2D eigenvalue weighted by Crippen LogP contribution is -2.42. The number of likely N-dealkylation sites (tertiary alicyclic amines) is 1. The molecular weight excluding hydrogens is 276 g/mol. The molecule has 2 atom stereocenters. The molecule has 2 heterocycles. The molecule has 3 rings (SSSR count). The minimum Gasteiger partial charge on any atom is -0.478 e. The van der Waals surface area contributed by atoms with Crippen LogP contribution in [0.4, 0.5) is 10.5 Å². The number of carboxylic acids is 1. The Morgan fingerprint density at radius 1 is 1.14 bits per heavy atom. The second-order valence-corrected chi connectivity index (χ2v) is 5.37. The maximum absolute atomic E-state index is 12.4. The summed E-state index contributed by atoms with van der Waals surface area (Å²) in [5.74, 6) is -0.992. The molecule has 2 aliphatic rings. The number of amides is 2. The molecule has 0 aromatic heterocycles. The molecule has 1 aromatic carbocycles. The number of urea groups is 1. The number of aliphatic hydroxyl groups excluding tert-OH is 2. The fourth-order valence-electron chi connectivity index (χ4n) is 2.83. The van der Waals surface area contributed by atoms with Gasteiger partial charge < -0.3 is 20.2 Å². The van der Waals surface area contributed by atoms with Gasteiger partial charge in [0.2, 0.25) is 0 Å². The summed E-state index contributed by atoms with van der Waals surface area (Å²) in [4.78, 5) is 26.4. The molecule has 0 bridgehead atoms. The number of anilines is 1. The van der Waals surface area contributed by atoms with E-state index in [4.69, 9.17) is 5.11 Å². The molecule has 7 nitrogen and oxygen atoms in total. The van der Waals surface area contributed by atoms with E-state index in [1.165, 1.54) is 11.0 Å². The van der Waals surface area contributed by atoms with Gasteiger partial charge in [-0.25, -0.2) is 9.59 Å². The van der Waals surface area contributed by atoms with Crippen molar-refractivity contribution in [1.29, 1.82) is 0 Å². The van der Waals surface area contributed by atoms with E-state index in [0.717, 1.165) is 5.56 Å². The van der Waals surface area contributed by atoms with Crippen LogP contribution in [0.3, 0.4) is 0 Å². The lowest BCUT2D eigenvalue weighted by Gasteiger charge is -2.24. The first kappa shape index (κ1) is 13.8. The number of hydrogen-bond donors (Lipinski definition) is 3. The summed E-state index contributed by atoms with van der Waals surface area (Å²) in [6, 6.07) is 4.42. The first-order valence-corrected chi connectivity index (χ1v) is 6.76. The van der Waals surface area contributed by atoms with E-state index in [1.54, 1.807) is 17.0 Å². The van der Waals surface area contributed by atoms with Crippen LogP contribution in [-0.2, 0) is 6.42 Å². The lowest BCUT2D eigenvalue weighted by molar-refractivity contribution is 0.0572. The Labute approximate surface area is 121 Å². The number of nitrogens with zero attached hydrogens (tertiary/aromatic N) is 2. The van der Waals surface area contributed by atoms with Crippen molar-refractivity contribution in [2.45, 2.75) is 18.6 Å². The maximum atomic E-state index is 12.4. The minimum atomic E-state index is -0.992. The zero-order valence-electron chi connectivity index (χ0n) is 11.3. The van der Waals surface area contributed by atoms with E-state index in [9.17, 15) is 19.8 Å². The molecule has 1 aromatic rings. The van der Waals surface area contributed by atoms with Crippen molar-refractivity contribution in [2.75, 3.05) is 24.5 Å². The second-order valence-electron chi connectivity index (χ2n) is 5.37. The highest BCUT2D eigenvalue weighted by Gasteiger charge is 2.36. The largest absolute Gasteiger partial charge is 0.478 e. The van der Waals surface area contributed by atoms with Crippen LogP contribution in [-0.4, -0.2) is 64.1 Å². The Balaban J connectivity index is 1.81. The number of carbonyl (C=O) groups excluding carboxylic acids is 1. The molecule has 7 heteroatoms. The number of β-amino-alcohol motifs (C(OH)–C–C–N with tert-alkyl or cyclic N) is 2. The lowest BCUT2D eigenvalue weighted by atomic mass is 10.1. The molecule has 0 spiro atoms. The Bertz CT molecular complexity index is 593. The fourth-order valence-corrected chi connectivity index (χ4v) is 2.83. The van der Waals surface area contributed by atoms with Gasteiger partial charge in [0, 0.05) is 12.2 Å². The van der Waals surface area contributed by atoms with Gasteiger partial charge in [-0.3, -0.25) is 4.90 Å². The number of rotatable bonds is 1. The van der Waals surface area contributed by atoms with E-state index in [0.29, 0.717) is 18.7 Å². The van der Waals surface area contributed by atoms with Gasteiger partial charge >= 0.3 is 12.0 Å². The number of benzene rings is 1. The molecule has 112 valence electrons. The summed E-state index contributed by atoms with van der Waals surface area (Å²) < 4.78 is 0. The maximum Gasteiger partial charge on any atom is 0.335 e. The number of aliphatic hydroxyl groups is 2. The van der Waals surface area contributed by atoms with Gasteiger partial charge in [0.05, 0.1) is 30.9 Å². The summed E-state index contributed by atoms with van der Waals surface area (Å²) in [6.45, 7) is 0.692. The van der Waals surface area contributed by atoms with Crippen LogP contribution in [0.2, 0.25) is 0 Å². The molecule has 3 N–H and O–H groups in total. The average Bonchev–Trinajstić information content (AvgIpc) is 3.01. The smallest absolute Gasteiger partial charge is 0.335 e. The number of hydrogen-bond acceptors (Lipinski definition) is 4. The monoisotopic (exact) mass is 292 g/mol. The van der Waals surface area contributed by atoms with Gasteiger partial charge in [-0.05, 0) is 30.2 Å². The van der Waals surface area contributed by atoms with E-state index in [1.807, 2.05) is 0 Å². The van der Waals surface area contributed by atoms with Crippen LogP contribution < -0.4 is 4.90 Å². The average molecular weight is 292 g/mol. The van der Waals surface area contributed by atoms with Crippen LogP contribution >= 0.6 is 0 Å². The SMILES string of the molecule is O=C(O)c1ccc2c(c1)CCN2C(=O)N1CC(O)C(O)C1. The van der Waals surface area contributed by atoms with E-state index in [-0.39, 0.29) is 24.7 Å². The van der Waals surface area contributed by atoms with Crippen molar-refractivity contribution in [3.8, 4) is 0 Å². The minimum absolute atomic E-state index is 0.110. The number of aromatic carboxylic acids is 1.